The Bertz CT molecular complexity index is 947. The molecule has 5 nitrogen and oxygen atoms in total. The van der Waals surface area contributed by atoms with Gasteiger partial charge < -0.3 is 9.47 Å². The Morgan fingerprint density at radius 2 is 1.83 bits per heavy atom. The Balaban J connectivity index is 1.54. The number of rotatable bonds is 9. The molecule has 3 rings (SSSR count). The average molecular weight is 409 g/mol. The molecule has 29 heavy (non-hydrogen) atoms. The smallest absolute Gasteiger partial charge is 0.250 e. The molecule has 3 aromatic rings. The fraction of sp³-hybridized carbons (Fsp3) is 0.217. The van der Waals surface area contributed by atoms with Crippen molar-refractivity contribution in [3.8, 4) is 22.8 Å². The molecule has 0 radical (unpaired) electrons. The minimum absolute atomic E-state index is 0.219. The summed E-state index contributed by atoms with van der Waals surface area (Å²) in [4.78, 5) is 16.7. The SMILES string of the molecule is CCCCOc1ccc(/C=C/C(=O)Nc2nc(-c3ccc(OC)cc3)cs2)cc1. The number of anilines is 1. The number of ether oxygens (including phenoxy) is 2. The van der Waals surface area contributed by atoms with E-state index in [1.54, 1.807) is 13.2 Å². The predicted octanol–water partition coefficient (Wildman–Crippen LogP) is 5.65. The van der Waals surface area contributed by atoms with E-state index < -0.39 is 0 Å². The van der Waals surface area contributed by atoms with Crippen LogP contribution in [0.2, 0.25) is 0 Å². The second kappa shape index (κ2) is 10.4. The molecule has 0 unspecified atom stereocenters. The van der Waals surface area contributed by atoms with Crippen molar-refractivity contribution in [3.05, 3.63) is 65.6 Å². The minimum Gasteiger partial charge on any atom is -0.497 e. The number of hydrogen-bond acceptors (Lipinski definition) is 5. The van der Waals surface area contributed by atoms with Gasteiger partial charge in [-0.1, -0.05) is 25.5 Å². The van der Waals surface area contributed by atoms with Crippen LogP contribution in [0.15, 0.2) is 60.0 Å². The van der Waals surface area contributed by atoms with E-state index in [9.17, 15) is 4.79 Å². The summed E-state index contributed by atoms with van der Waals surface area (Å²) in [5.74, 6) is 1.42. The van der Waals surface area contributed by atoms with Crippen molar-refractivity contribution in [1.82, 2.24) is 4.98 Å². The van der Waals surface area contributed by atoms with Crippen LogP contribution >= 0.6 is 11.3 Å². The van der Waals surface area contributed by atoms with Crippen LogP contribution in [-0.4, -0.2) is 24.6 Å². The fourth-order valence-electron chi connectivity index (χ4n) is 2.55. The van der Waals surface area contributed by atoms with Crippen LogP contribution in [0.1, 0.15) is 25.3 Å². The van der Waals surface area contributed by atoms with Gasteiger partial charge in [-0.2, -0.15) is 0 Å². The molecular formula is C23H24N2O3S. The van der Waals surface area contributed by atoms with Gasteiger partial charge in [0.1, 0.15) is 11.5 Å². The van der Waals surface area contributed by atoms with Crippen LogP contribution in [0.25, 0.3) is 17.3 Å². The predicted molar refractivity (Wildman–Crippen MR) is 119 cm³/mol. The first-order valence-electron chi connectivity index (χ1n) is 9.50. The molecule has 0 bridgehead atoms. The number of nitrogens with zero attached hydrogens (tertiary/aromatic N) is 1. The molecule has 6 heteroatoms. The third-order valence-electron chi connectivity index (χ3n) is 4.19. The second-order valence-electron chi connectivity index (χ2n) is 6.36. The first-order valence-corrected chi connectivity index (χ1v) is 10.4. The van der Waals surface area contributed by atoms with Crippen molar-refractivity contribution in [3.63, 3.8) is 0 Å². The van der Waals surface area contributed by atoms with E-state index in [0.29, 0.717) is 5.13 Å². The van der Waals surface area contributed by atoms with Gasteiger partial charge in [-0.3, -0.25) is 10.1 Å². The Morgan fingerprint density at radius 1 is 1.10 bits per heavy atom. The molecule has 1 aromatic heterocycles. The van der Waals surface area contributed by atoms with E-state index in [1.807, 2.05) is 53.9 Å². The fourth-order valence-corrected chi connectivity index (χ4v) is 3.28. The Kier molecular flexibility index (Phi) is 7.41. The van der Waals surface area contributed by atoms with Crippen LogP contribution in [0, 0.1) is 0 Å². The number of benzene rings is 2. The number of carbonyl (C=O) groups is 1. The van der Waals surface area contributed by atoms with E-state index in [0.717, 1.165) is 47.8 Å². The summed E-state index contributed by atoms with van der Waals surface area (Å²) in [6.07, 6.45) is 5.42. The summed E-state index contributed by atoms with van der Waals surface area (Å²) in [5.41, 5.74) is 2.72. The normalized spacial score (nSPS) is 10.8. The Hall–Kier alpha value is -3.12. The summed E-state index contributed by atoms with van der Waals surface area (Å²) in [7, 11) is 1.63. The van der Waals surface area contributed by atoms with Crippen molar-refractivity contribution in [2.75, 3.05) is 19.0 Å². The number of thiazole rings is 1. The minimum atomic E-state index is -0.219. The maximum Gasteiger partial charge on any atom is 0.250 e. The lowest BCUT2D eigenvalue weighted by Gasteiger charge is -2.05. The number of nitrogens with one attached hydrogen (secondary N) is 1. The lowest BCUT2D eigenvalue weighted by Crippen LogP contribution is -2.07. The molecule has 2 aromatic carbocycles. The largest absolute Gasteiger partial charge is 0.497 e. The molecule has 1 heterocycles. The molecule has 0 saturated carbocycles. The zero-order valence-corrected chi connectivity index (χ0v) is 17.4. The van der Waals surface area contributed by atoms with Crippen molar-refractivity contribution >= 4 is 28.5 Å². The first kappa shape index (κ1) is 20.6. The molecule has 0 saturated heterocycles. The zero-order chi connectivity index (χ0) is 20.5. The van der Waals surface area contributed by atoms with Gasteiger partial charge in [0.25, 0.3) is 0 Å². The third-order valence-corrected chi connectivity index (χ3v) is 4.95. The Labute approximate surface area is 175 Å². The van der Waals surface area contributed by atoms with Gasteiger partial charge in [0, 0.05) is 17.0 Å². The molecule has 0 aliphatic carbocycles. The van der Waals surface area contributed by atoms with Crippen LogP contribution in [-0.2, 0) is 4.79 Å². The highest BCUT2D eigenvalue weighted by Gasteiger charge is 2.07. The van der Waals surface area contributed by atoms with Gasteiger partial charge in [0.15, 0.2) is 5.13 Å². The van der Waals surface area contributed by atoms with Crippen molar-refractivity contribution in [1.29, 1.82) is 0 Å². The monoisotopic (exact) mass is 408 g/mol. The second-order valence-corrected chi connectivity index (χ2v) is 7.22. The lowest BCUT2D eigenvalue weighted by atomic mass is 10.2. The van der Waals surface area contributed by atoms with Gasteiger partial charge in [-0.05, 0) is 54.5 Å². The topological polar surface area (TPSA) is 60.5 Å². The molecule has 0 fully saturated rings. The van der Waals surface area contributed by atoms with Crippen LogP contribution in [0.4, 0.5) is 5.13 Å². The van der Waals surface area contributed by atoms with Crippen LogP contribution in [0.5, 0.6) is 11.5 Å². The molecule has 1 N–H and O–H groups in total. The number of hydrogen-bond donors (Lipinski definition) is 1. The van der Waals surface area contributed by atoms with Gasteiger partial charge in [-0.25, -0.2) is 4.98 Å². The quantitative estimate of drug-likeness (QED) is 0.367. The summed E-state index contributed by atoms with van der Waals surface area (Å²) in [5, 5.41) is 5.28. The number of methoxy groups -OCH3 is 1. The van der Waals surface area contributed by atoms with E-state index in [-0.39, 0.29) is 5.91 Å². The lowest BCUT2D eigenvalue weighted by molar-refractivity contribution is -0.111. The maximum absolute atomic E-state index is 12.2. The molecule has 150 valence electrons. The van der Waals surface area contributed by atoms with Crippen LogP contribution in [0.3, 0.4) is 0 Å². The van der Waals surface area contributed by atoms with Crippen molar-refractivity contribution < 1.29 is 14.3 Å². The maximum atomic E-state index is 12.2. The number of carbonyl (C=O) groups excluding carboxylic acids is 1. The standard InChI is InChI=1S/C23H24N2O3S/c1-3-4-15-28-20-10-5-17(6-11-20)7-14-22(26)25-23-24-21(16-29-23)18-8-12-19(27-2)13-9-18/h5-14,16H,3-4,15H2,1-2H3,(H,24,25,26)/b14-7+. The molecule has 0 spiro atoms. The average Bonchev–Trinajstić information content (AvgIpc) is 3.22. The van der Waals surface area contributed by atoms with Gasteiger partial charge in [0.2, 0.25) is 5.91 Å². The van der Waals surface area contributed by atoms with E-state index >= 15 is 0 Å². The number of unbranched alkanes of at least 4 members (excludes halogenated alkanes) is 1. The van der Waals surface area contributed by atoms with Crippen LogP contribution < -0.4 is 14.8 Å². The van der Waals surface area contributed by atoms with Crippen molar-refractivity contribution in [2.24, 2.45) is 0 Å². The van der Waals surface area contributed by atoms with Crippen molar-refractivity contribution in [2.45, 2.75) is 19.8 Å². The summed E-state index contributed by atoms with van der Waals surface area (Å²) in [6, 6.07) is 15.3. The summed E-state index contributed by atoms with van der Waals surface area (Å²) < 4.78 is 10.8. The highest BCUT2D eigenvalue weighted by molar-refractivity contribution is 7.14. The zero-order valence-electron chi connectivity index (χ0n) is 16.6. The Morgan fingerprint density at radius 3 is 2.52 bits per heavy atom. The molecule has 0 aliphatic heterocycles. The third kappa shape index (κ3) is 6.19. The number of aromatic nitrogens is 1. The van der Waals surface area contributed by atoms with E-state index in [1.165, 1.54) is 17.4 Å². The summed E-state index contributed by atoms with van der Waals surface area (Å²) >= 11 is 1.39. The molecular weight excluding hydrogens is 384 g/mol. The van der Waals surface area contributed by atoms with E-state index in [4.69, 9.17) is 9.47 Å². The van der Waals surface area contributed by atoms with E-state index in [2.05, 4.69) is 17.2 Å². The van der Waals surface area contributed by atoms with Gasteiger partial charge in [-0.15, -0.1) is 11.3 Å². The molecule has 1 amide bonds. The molecule has 0 aliphatic rings. The first-order chi connectivity index (χ1) is 14.2. The van der Waals surface area contributed by atoms with Gasteiger partial charge in [0.05, 0.1) is 19.4 Å². The molecule has 0 atom stereocenters. The summed E-state index contributed by atoms with van der Waals surface area (Å²) in [6.45, 7) is 2.86. The van der Waals surface area contributed by atoms with Gasteiger partial charge >= 0.3 is 0 Å². The number of amides is 1. The highest BCUT2D eigenvalue weighted by Crippen LogP contribution is 2.26. The highest BCUT2D eigenvalue weighted by atomic mass is 32.1.